The van der Waals surface area contributed by atoms with Crippen molar-refractivity contribution in [3.8, 4) is 0 Å². The van der Waals surface area contributed by atoms with E-state index in [1.807, 2.05) is 29.1 Å². The molecule has 1 heterocycles. The predicted molar refractivity (Wildman–Crippen MR) is 90.9 cm³/mol. The van der Waals surface area contributed by atoms with Crippen LogP contribution in [0.1, 0.15) is 25.7 Å². The van der Waals surface area contributed by atoms with E-state index in [9.17, 15) is 9.90 Å². The van der Waals surface area contributed by atoms with Gasteiger partial charge in [-0.05, 0) is 43.7 Å². The van der Waals surface area contributed by atoms with Crippen LogP contribution in [-0.2, 0) is 16.1 Å². The Labute approximate surface area is 143 Å². The summed E-state index contributed by atoms with van der Waals surface area (Å²) in [4.78, 5) is 11.6. The van der Waals surface area contributed by atoms with Crippen molar-refractivity contribution in [1.82, 2.24) is 9.78 Å². The molecule has 2 aromatic rings. The first-order valence-corrected chi connectivity index (χ1v) is 8.75. The fourth-order valence-corrected chi connectivity index (χ4v) is 3.86. The molecule has 0 amide bonds. The summed E-state index contributed by atoms with van der Waals surface area (Å²) in [5, 5.41) is 16.1. The fraction of sp³-hybridized carbons (Fsp3) is 0.529. The van der Waals surface area contributed by atoms with Crippen LogP contribution in [0.3, 0.4) is 0 Å². The van der Waals surface area contributed by atoms with Crippen LogP contribution in [0.15, 0.2) is 28.9 Å². The topological polar surface area (TPSA) is 64.3 Å². The number of rotatable bonds is 4. The molecule has 1 aliphatic rings. The molecule has 23 heavy (non-hydrogen) atoms. The molecule has 5 nitrogen and oxygen atoms in total. The standard InChI is InChI=1S/C17H21BrN2O3/c1-23-17(22)12-7-5-11(6-8-12)16(21)10-20-9-13-14(18)3-2-4-15(13)19-20/h2-4,9,11-12,16,21H,5-8,10H2,1H3. The molecule has 1 unspecified atom stereocenters. The Morgan fingerprint density at radius 2 is 2.17 bits per heavy atom. The zero-order valence-electron chi connectivity index (χ0n) is 13.1. The molecule has 0 bridgehead atoms. The first kappa shape index (κ1) is 16.5. The maximum Gasteiger partial charge on any atom is 0.308 e. The number of nitrogens with zero attached hydrogens (tertiary/aromatic N) is 2. The number of aliphatic hydroxyl groups excluding tert-OH is 1. The van der Waals surface area contributed by atoms with Gasteiger partial charge in [0.25, 0.3) is 0 Å². The lowest BCUT2D eigenvalue weighted by Gasteiger charge is -2.30. The van der Waals surface area contributed by atoms with Crippen LogP contribution < -0.4 is 0 Å². The van der Waals surface area contributed by atoms with Crippen molar-refractivity contribution >= 4 is 32.8 Å². The van der Waals surface area contributed by atoms with Crippen LogP contribution in [-0.4, -0.2) is 34.1 Å². The van der Waals surface area contributed by atoms with Gasteiger partial charge in [-0.1, -0.05) is 22.0 Å². The highest BCUT2D eigenvalue weighted by atomic mass is 79.9. The molecule has 1 aliphatic carbocycles. The van der Waals surface area contributed by atoms with Gasteiger partial charge in [0.15, 0.2) is 0 Å². The van der Waals surface area contributed by atoms with Crippen LogP contribution in [0.25, 0.3) is 10.9 Å². The van der Waals surface area contributed by atoms with E-state index in [4.69, 9.17) is 4.74 Å². The average molecular weight is 381 g/mol. The molecule has 3 rings (SSSR count). The summed E-state index contributed by atoms with van der Waals surface area (Å²) in [5.74, 6) is 0.0828. The monoisotopic (exact) mass is 380 g/mol. The van der Waals surface area contributed by atoms with Crippen molar-refractivity contribution in [1.29, 1.82) is 0 Å². The molecule has 1 saturated carbocycles. The van der Waals surface area contributed by atoms with Crippen LogP contribution in [0.2, 0.25) is 0 Å². The Hall–Kier alpha value is -1.40. The third-order valence-corrected chi connectivity index (χ3v) is 5.46. The number of hydrogen-bond acceptors (Lipinski definition) is 4. The second-order valence-electron chi connectivity index (χ2n) is 6.23. The highest BCUT2D eigenvalue weighted by molar-refractivity contribution is 9.10. The number of esters is 1. The Morgan fingerprint density at radius 1 is 1.43 bits per heavy atom. The van der Waals surface area contributed by atoms with Gasteiger partial charge in [0.2, 0.25) is 0 Å². The summed E-state index contributed by atoms with van der Waals surface area (Å²) < 4.78 is 7.63. The number of carbonyl (C=O) groups is 1. The average Bonchev–Trinajstić information content (AvgIpc) is 2.98. The fourth-order valence-electron chi connectivity index (χ4n) is 3.40. The summed E-state index contributed by atoms with van der Waals surface area (Å²) in [6.07, 6.45) is 4.81. The number of methoxy groups -OCH3 is 1. The Bertz CT molecular complexity index is 692. The Balaban J connectivity index is 1.61. The quantitative estimate of drug-likeness (QED) is 0.827. The van der Waals surface area contributed by atoms with Crippen molar-refractivity contribution in [3.05, 3.63) is 28.9 Å². The number of halogens is 1. The minimum Gasteiger partial charge on any atom is -0.469 e. The van der Waals surface area contributed by atoms with E-state index in [-0.39, 0.29) is 17.8 Å². The zero-order valence-corrected chi connectivity index (χ0v) is 14.7. The first-order chi connectivity index (χ1) is 11.1. The van der Waals surface area contributed by atoms with Crippen LogP contribution >= 0.6 is 15.9 Å². The number of benzene rings is 1. The van der Waals surface area contributed by atoms with Gasteiger partial charge >= 0.3 is 5.97 Å². The van der Waals surface area contributed by atoms with E-state index in [0.29, 0.717) is 6.54 Å². The Morgan fingerprint density at radius 3 is 2.83 bits per heavy atom. The smallest absolute Gasteiger partial charge is 0.308 e. The van der Waals surface area contributed by atoms with Gasteiger partial charge in [0, 0.05) is 16.1 Å². The van der Waals surface area contributed by atoms with E-state index in [1.54, 1.807) is 0 Å². The Kier molecular flexibility index (Phi) is 5.02. The minimum atomic E-state index is -0.443. The lowest BCUT2D eigenvalue weighted by Crippen LogP contribution is -2.31. The van der Waals surface area contributed by atoms with E-state index in [2.05, 4.69) is 21.0 Å². The number of carbonyl (C=O) groups excluding carboxylic acids is 1. The predicted octanol–water partition coefficient (Wildman–Crippen LogP) is 3.14. The van der Waals surface area contributed by atoms with Crippen molar-refractivity contribution in [2.45, 2.75) is 38.3 Å². The summed E-state index contributed by atoms with van der Waals surface area (Å²) in [7, 11) is 1.43. The molecular formula is C17H21BrN2O3. The van der Waals surface area contributed by atoms with Crippen molar-refractivity contribution in [3.63, 3.8) is 0 Å². The zero-order chi connectivity index (χ0) is 16.4. The van der Waals surface area contributed by atoms with Crippen molar-refractivity contribution < 1.29 is 14.6 Å². The number of ether oxygens (including phenoxy) is 1. The number of fused-ring (bicyclic) bond motifs is 1. The number of aromatic nitrogens is 2. The molecule has 6 heteroatoms. The van der Waals surface area contributed by atoms with Gasteiger partial charge in [-0.2, -0.15) is 5.10 Å². The lowest BCUT2D eigenvalue weighted by atomic mass is 9.79. The highest BCUT2D eigenvalue weighted by Gasteiger charge is 2.30. The largest absolute Gasteiger partial charge is 0.469 e. The molecule has 0 spiro atoms. The van der Waals surface area contributed by atoms with E-state index in [1.165, 1.54) is 7.11 Å². The maximum absolute atomic E-state index is 11.6. The molecule has 1 aromatic carbocycles. The molecule has 0 radical (unpaired) electrons. The maximum atomic E-state index is 11.6. The first-order valence-electron chi connectivity index (χ1n) is 7.96. The molecule has 1 aromatic heterocycles. The SMILES string of the molecule is COC(=O)C1CCC(C(O)Cn2cc3c(Br)cccc3n2)CC1. The molecule has 1 N–H and O–H groups in total. The van der Waals surface area contributed by atoms with Gasteiger partial charge < -0.3 is 9.84 Å². The van der Waals surface area contributed by atoms with Crippen LogP contribution in [0.4, 0.5) is 0 Å². The van der Waals surface area contributed by atoms with Crippen LogP contribution in [0, 0.1) is 11.8 Å². The van der Waals surface area contributed by atoms with Crippen molar-refractivity contribution in [2.75, 3.05) is 7.11 Å². The second-order valence-corrected chi connectivity index (χ2v) is 7.08. The van der Waals surface area contributed by atoms with Gasteiger partial charge in [0.05, 0.1) is 31.2 Å². The molecule has 124 valence electrons. The summed E-state index contributed by atoms with van der Waals surface area (Å²) >= 11 is 3.52. The van der Waals surface area contributed by atoms with E-state index >= 15 is 0 Å². The lowest BCUT2D eigenvalue weighted by molar-refractivity contribution is -0.147. The summed E-state index contributed by atoms with van der Waals surface area (Å²) in [5.41, 5.74) is 0.918. The normalized spacial score (nSPS) is 22.9. The number of hydrogen-bond donors (Lipinski definition) is 1. The highest BCUT2D eigenvalue weighted by Crippen LogP contribution is 2.32. The van der Waals surface area contributed by atoms with Crippen molar-refractivity contribution in [2.24, 2.45) is 11.8 Å². The summed E-state index contributed by atoms with van der Waals surface area (Å²) in [6, 6.07) is 5.90. The molecule has 0 aliphatic heterocycles. The molecule has 1 fully saturated rings. The second kappa shape index (κ2) is 7.01. The van der Waals surface area contributed by atoms with Gasteiger partial charge in [-0.15, -0.1) is 0 Å². The van der Waals surface area contributed by atoms with E-state index < -0.39 is 6.10 Å². The molecular weight excluding hydrogens is 360 g/mol. The third-order valence-electron chi connectivity index (χ3n) is 4.77. The minimum absolute atomic E-state index is 0.00769. The van der Waals surface area contributed by atoms with Crippen LogP contribution in [0.5, 0.6) is 0 Å². The van der Waals surface area contributed by atoms with E-state index in [0.717, 1.165) is 41.1 Å². The molecule has 0 saturated heterocycles. The van der Waals surface area contributed by atoms with Gasteiger partial charge in [-0.3, -0.25) is 9.48 Å². The number of aliphatic hydroxyl groups is 1. The van der Waals surface area contributed by atoms with Gasteiger partial charge in [0.1, 0.15) is 0 Å². The summed E-state index contributed by atoms with van der Waals surface area (Å²) in [6.45, 7) is 0.481. The molecule has 1 atom stereocenters. The third kappa shape index (κ3) is 3.58. The van der Waals surface area contributed by atoms with Gasteiger partial charge in [-0.25, -0.2) is 0 Å².